The monoisotopic (exact) mass is 427 g/mol. The van der Waals surface area contributed by atoms with Crippen LogP contribution in [0.2, 0.25) is 5.02 Å². The Morgan fingerprint density at radius 3 is 2.37 bits per heavy atom. The van der Waals surface area contributed by atoms with Gasteiger partial charge in [0.25, 0.3) is 5.56 Å². The van der Waals surface area contributed by atoms with Crippen molar-refractivity contribution >= 4 is 34.2 Å². The van der Waals surface area contributed by atoms with Crippen molar-refractivity contribution in [1.82, 2.24) is 14.5 Å². The summed E-state index contributed by atoms with van der Waals surface area (Å²) < 4.78 is 2.23. The Kier molecular flexibility index (Phi) is 6.22. The van der Waals surface area contributed by atoms with Gasteiger partial charge in [-0.25, -0.2) is 9.36 Å². The zero-order chi connectivity index (χ0) is 22.0. The lowest BCUT2D eigenvalue weighted by atomic mass is 10.1. The number of carbonyl (C=O) groups excluding carboxylic acids is 2. The molecule has 1 aromatic heterocycles. The third-order valence-electron chi connectivity index (χ3n) is 4.96. The number of hydrogen-bond donors (Lipinski definition) is 1. The van der Waals surface area contributed by atoms with E-state index in [0.717, 1.165) is 11.0 Å². The highest BCUT2D eigenvalue weighted by Crippen LogP contribution is 2.17. The van der Waals surface area contributed by atoms with Crippen molar-refractivity contribution in [2.24, 2.45) is 0 Å². The van der Waals surface area contributed by atoms with Gasteiger partial charge in [0.15, 0.2) is 5.78 Å². The molecule has 0 spiro atoms. The van der Waals surface area contributed by atoms with E-state index in [1.54, 1.807) is 18.2 Å². The van der Waals surface area contributed by atoms with Crippen LogP contribution >= 0.6 is 11.6 Å². The highest BCUT2D eigenvalue weighted by atomic mass is 35.5. The van der Waals surface area contributed by atoms with Crippen molar-refractivity contribution < 1.29 is 9.59 Å². The number of fused-ring (bicyclic) bond motifs is 1. The van der Waals surface area contributed by atoms with Crippen LogP contribution in [0.25, 0.3) is 16.6 Å². The van der Waals surface area contributed by atoms with Crippen LogP contribution in [0.3, 0.4) is 0 Å². The summed E-state index contributed by atoms with van der Waals surface area (Å²) in [7, 11) is 0. The summed E-state index contributed by atoms with van der Waals surface area (Å²) in [5.41, 5.74) is -0.130. The molecule has 156 valence electrons. The fourth-order valence-corrected chi connectivity index (χ4v) is 3.30. The largest absolute Gasteiger partial charge is 0.352 e. The van der Waals surface area contributed by atoms with Crippen LogP contribution in [0.4, 0.5) is 0 Å². The first-order valence-electron chi connectivity index (χ1n) is 9.58. The molecular formula is C22H22ClN3O4. The average Bonchev–Trinajstić information content (AvgIpc) is 2.71. The van der Waals surface area contributed by atoms with E-state index in [0.29, 0.717) is 16.3 Å². The summed E-state index contributed by atoms with van der Waals surface area (Å²) in [6.07, 6.45) is 0.745. The minimum absolute atomic E-state index is 0.0481. The first-order chi connectivity index (χ1) is 14.2. The lowest BCUT2D eigenvalue weighted by Crippen LogP contribution is -2.43. The summed E-state index contributed by atoms with van der Waals surface area (Å²) in [6.45, 7) is 4.99. The van der Waals surface area contributed by atoms with Gasteiger partial charge in [0, 0.05) is 16.6 Å². The van der Waals surface area contributed by atoms with Crippen LogP contribution < -0.4 is 16.6 Å². The molecule has 0 fully saturated rings. The number of rotatable bonds is 6. The highest BCUT2D eigenvalue weighted by molar-refractivity contribution is 6.31. The topological polar surface area (TPSA) is 90.2 Å². The average molecular weight is 428 g/mol. The Morgan fingerprint density at radius 2 is 1.77 bits per heavy atom. The molecule has 3 aromatic rings. The number of hydrogen-bond acceptors (Lipinski definition) is 4. The number of amides is 1. The van der Waals surface area contributed by atoms with Gasteiger partial charge >= 0.3 is 5.69 Å². The first kappa shape index (κ1) is 21.5. The molecular weight excluding hydrogens is 406 g/mol. The fraction of sp³-hybridized carbons (Fsp3) is 0.273. The van der Waals surface area contributed by atoms with E-state index in [9.17, 15) is 19.2 Å². The van der Waals surface area contributed by atoms with Crippen molar-refractivity contribution in [1.29, 1.82) is 0 Å². The predicted molar refractivity (Wildman–Crippen MR) is 117 cm³/mol. The van der Waals surface area contributed by atoms with Crippen LogP contribution in [0, 0.1) is 0 Å². The molecule has 0 aliphatic heterocycles. The molecule has 1 N–H and O–H groups in total. The van der Waals surface area contributed by atoms with Crippen molar-refractivity contribution in [3.05, 3.63) is 73.9 Å². The Bertz CT molecular complexity index is 1240. The van der Waals surface area contributed by atoms with Crippen LogP contribution in [-0.4, -0.2) is 26.9 Å². The SMILES string of the molecule is CC[C@@H](C)NC(=O)Cn1c(=O)n(-c2ccc(C(C)=O)cc2)c(=O)c2ccc(Cl)cc21. The molecule has 0 aliphatic rings. The number of ketones is 1. The minimum Gasteiger partial charge on any atom is -0.352 e. The second kappa shape index (κ2) is 8.67. The summed E-state index contributed by atoms with van der Waals surface area (Å²) in [5.74, 6) is -0.467. The van der Waals surface area contributed by atoms with Gasteiger partial charge in [-0.1, -0.05) is 18.5 Å². The molecule has 1 heterocycles. The molecule has 3 rings (SSSR count). The maximum Gasteiger partial charge on any atom is 0.336 e. The Balaban J connectivity index is 2.23. The zero-order valence-electron chi connectivity index (χ0n) is 16.9. The molecule has 0 unspecified atom stereocenters. The molecule has 2 aromatic carbocycles. The standard InChI is InChI=1S/C22H22ClN3O4/c1-4-13(2)24-20(28)12-25-19-11-16(23)7-10-18(19)21(29)26(22(25)30)17-8-5-15(6-9-17)14(3)27/h5-11,13H,4,12H2,1-3H3,(H,24,28)/t13-/m1/s1. The normalized spacial score (nSPS) is 12.0. The minimum atomic E-state index is -0.662. The van der Waals surface area contributed by atoms with E-state index in [2.05, 4.69) is 5.32 Å². The molecule has 7 nitrogen and oxygen atoms in total. The number of nitrogens with one attached hydrogen (secondary N) is 1. The lowest BCUT2D eigenvalue weighted by Gasteiger charge is -2.16. The van der Waals surface area contributed by atoms with Gasteiger partial charge in [0.2, 0.25) is 5.91 Å². The number of benzene rings is 2. The van der Waals surface area contributed by atoms with E-state index >= 15 is 0 Å². The second-order valence-corrected chi connectivity index (χ2v) is 7.59. The second-order valence-electron chi connectivity index (χ2n) is 7.15. The van der Waals surface area contributed by atoms with E-state index in [-0.39, 0.29) is 35.2 Å². The summed E-state index contributed by atoms with van der Waals surface area (Å²) in [5, 5.41) is 3.43. The van der Waals surface area contributed by atoms with Gasteiger partial charge in [0.1, 0.15) is 6.54 Å². The maximum absolute atomic E-state index is 13.3. The number of aromatic nitrogens is 2. The molecule has 30 heavy (non-hydrogen) atoms. The molecule has 0 aliphatic carbocycles. The van der Waals surface area contributed by atoms with Crippen LogP contribution in [0.5, 0.6) is 0 Å². The van der Waals surface area contributed by atoms with Crippen molar-refractivity contribution in [2.45, 2.75) is 39.8 Å². The highest BCUT2D eigenvalue weighted by Gasteiger charge is 2.18. The molecule has 8 heteroatoms. The van der Waals surface area contributed by atoms with Crippen LogP contribution in [0.1, 0.15) is 37.6 Å². The summed E-state index contributed by atoms with van der Waals surface area (Å²) >= 11 is 6.09. The summed E-state index contributed by atoms with van der Waals surface area (Å²) in [4.78, 5) is 50.4. The van der Waals surface area contributed by atoms with Crippen molar-refractivity contribution in [3.63, 3.8) is 0 Å². The Morgan fingerprint density at radius 1 is 1.10 bits per heavy atom. The van der Waals surface area contributed by atoms with E-state index in [4.69, 9.17) is 11.6 Å². The molecule has 0 bridgehead atoms. The van der Waals surface area contributed by atoms with Gasteiger partial charge in [-0.3, -0.25) is 19.0 Å². The quantitative estimate of drug-likeness (QED) is 0.612. The Hall–Kier alpha value is -3.19. The maximum atomic E-state index is 13.3. The van der Waals surface area contributed by atoms with Gasteiger partial charge in [-0.15, -0.1) is 0 Å². The van der Waals surface area contributed by atoms with Gasteiger partial charge in [-0.05, 0) is 62.7 Å². The van der Waals surface area contributed by atoms with E-state index in [1.165, 1.54) is 35.8 Å². The number of nitrogens with zero attached hydrogens (tertiary/aromatic N) is 2. The molecule has 1 atom stereocenters. The van der Waals surface area contributed by atoms with E-state index in [1.807, 2.05) is 13.8 Å². The fourth-order valence-electron chi connectivity index (χ4n) is 3.13. The third kappa shape index (κ3) is 4.21. The predicted octanol–water partition coefficient (Wildman–Crippen LogP) is 2.92. The summed E-state index contributed by atoms with van der Waals surface area (Å²) in [6, 6.07) is 10.7. The van der Waals surface area contributed by atoms with Gasteiger partial charge in [-0.2, -0.15) is 0 Å². The number of halogens is 1. The van der Waals surface area contributed by atoms with Crippen LogP contribution in [-0.2, 0) is 11.3 Å². The first-order valence-corrected chi connectivity index (χ1v) is 9.96. The van der Waals surface area contributed by atoms with E-state index < -0.39 is 11.2 Å². The molecule has 0 radical (unpaired) electrons. The van der Waals surface area contributed by atoms with Crippen LogP contribution in [0.15, 0.2) is 52.1 Å². The van der Waals surface area contributed by atoms with Crippen molar-refractivity contribution in [2.75, 3.05) is 0 Å². The smallest absolute Gasteiger partial charge is 0.336 e. The van der Waals surface area contributed by atoms with Gasteiger partial charge < -0.3 is 5.32 Å². The number of carbonyl (C=O) groups is 2. The Labute approximate surface area is 177 Å². The van der Waals surface area contributed by atoms with Gasteiger partial charge in [0.05, 0.1) is 16.6 Å². The number of Topliss-reactive ketones (excluding diaryl/α,β-unsaturated/α-hetero) is 1. The molecule has 1 amide bonds. The zero-order valence-corrected chi connectivity index (χ0v) is 17.7. The molecule has 0 saturated carbocycles. The van der Waals surface area contributed by atoms with Crippen molar-refractivity contribution in [3.8, 4) is 5.69 Å². The third-order valence-corrected chi connectivity index (χ3v) is 5.19. The molecule has 0 saturated heterocycles. The lowest BCUT2D eigenvalue weighted by molar-refractivity contribution is -0.122.